The minimum atomic E-state index is -0.885. The molecule has 0 spiro atoms. The molecule has 1 aromatic heterocycles. The van der Waals surface area contributed by atoms with Gasteiger partial charge in [0.2, 0.25) is 0 Å². The second kappa shape index (κ2) is 2.17. The van der Waals surface area contributed by atoms with Crippen molar-refractivity contribution in [1.29, 1.82) is 0 Å². The van der Waals surface area contributed by atoms with Gasteiger partial charge in [0.1, 0.15) is 11.3 Å². The molecule has 1 heterocycles. The van der Waals surface area contributed by atoms with Crippen LogP contribution in [-0.2, 0) is 0 Å². The molecule has 0 aliphatic heterocycles. The van der Waals surface area contributed by atoms with Crippen molar-refractivity contribution in [2.75, 3.05) is 0 Å². The van der Waals surface area contributed by atoms with Gasteiger partial charge in [-0.25, -0.2) is 8.78 Å². The van der Waals surface area contributed by atoms with E-state index in [4.69, 9.17) is 5.11 Å². The van der Waals surface area contributed by atoms with Crippen molar-refractivity contribution in [2.24, 2.45) is 0 Å². The van der Waals surface area contributed by atoms with Gasteiger partial charge < -0.3 is 5.11 Å². The van der Waals surface area contributed by atoms with Gasteiger partial charge in [-0.3, -0.25) is 5.10 Å². The quantitative estimate of drug-likeness (QED) is 0.630. The van der Waals surface area contributed by atoms with Crippen LogP contribution in [0.1, 0.15) is 0 Å². The molecule has 0 amide bonds. The van der Waals surface area contributed by atoms with E-state index in [9.17, 15) is 8.78 Å². The lowest BCUT2D eigenvalue weighted by molar-refractivity contribution is 0.431. The molecule has 2 aromatic rings. The fourth-order valence-corrected chi connectivity index (χ4v) is 1.02. The maximum atomic E-state index is 12.9. The third-order valence-corrected chi connectivity index (χ3v) is 1.60. The molecule has 0 fully saturated rings. The summed E-state index contributed by atoms with van der Waals surface area (Å²) in [5.74, 6) is -2.30. The van der Waals surface area contributed by atoms with Gasteiger partial charge in [-0.2, -0.15) is 5.10 Å². The Balaban J connectivity index is 2.97. The van der Waals surface area contributed by atoms with Crippen molar-refractivity contribution < 1.29 is 13.9 Å². The minimum absolute atomic E-state index is 0.0327. The molecule has 0 bridgehead atoms. The number of phenolic OH excluding ortho intramolecular Hbond substituents is 1. The van der Waals surface area contributed by atoms with E-state index < -0.39 is 17.4 Å². The number of nitrogens with zero attached hydrogens (tertiary/aromatic N) is 1. The SMILES string of the molecule is Oc1cc(F)c2cn[nH]c2c1F. The molecule has 0 unspecified atom stereocenters. The number of phenols is 1. The highest BCUT2D eigenvalue weighted by atomic mass is 19.1. The molecule has 12 heavy (non-hydrogen) atoms. The molecule has 2 N–H and O–H groups in total. The number of rotatable bonds is 0. The molecule has 62 valence electrons. The number of hydrogen-bond donors (Lipinski definition) is 2. The predicted molar refractivity (Wildman–Crippen MR) is 37.7 cm³/mol. The van der Waals surface area contributed by atoms with Gasteiger partial charge in [-0.15, -0.1) is 0 Å². The Bertz CT molecular complexity index is 438. The summed E-state index contributed by atoms with van der Waals surface area (Å²) >= 11 is 0. The number of fused-ring (bicyclic) bond motifs is 1. The first kappa shape index (κ1) is 7.02. The van der Waals surface area contributed by atoms with E-state index in [0.717, 1.165) is 6.20 Å². The average molecular weight is 170 g/mol. The number of aromatic amines is 1. The second-order valence-corrected chi connectivity index (χ2v) is 2.35. The van der Waals surface area contributed by atoms with E-state index in [0.29, 0.717) is 6.07 Å². The molecule has 3 nitrogen and oxygen atoms in total. The van der Waals surface area contributed by atoms with Crippen LogP contribution in [0.25, 0.3) is 10.9 Å². The van der Waals surface area contributed by atoms with Crippen LogP contribution in [0.5, 0.6) is 5.75 Å². The molecule has 2 rings (SSSR count). The van der Waals surface area contributed by atoms with E-state index >= 15 is 0 Å². The fourth-order valence-electron chi connectivity index (χ4n) is 1.02. The largest absolute Gasteiger partial charge is 0.505 e. The normalized spacial score (nSPS) is 10.8. The van der Waals surface area contributed by atoms with Gasteiger partial charge in [-0.1, -0.05) is 0 Å². The van der Waals surface area contributed by atoms with Crippen LogP contribution in [0.2, 0.25) is 0 Å². The first-order valence-corrected chi connectivity index (χ1v) is 3.20. The Hall–Kier alpha value is -1.65. The van der Waals surface area contributed by atoms with Crippen LogP contribution in [0.4, 0.5) is 8.78 Å². The second-order valence-electron chi connectivity index (χ2n) is 2.35. The van der Waals surface area contributed by atoms with E-state index in [1.165, 1.54) is 0 Å². The number of nitrogens with one attached hydrogen (secondary N) is 1. The van der Waals surface area contributed by atoms with E-state index in [-0.39, 0.29) is 10.9 Å². The maximum absolute atomic E-state index is 12.9. The molecular formula is C7H4F2N2O. The van der Waals surface area contributed by atoms with Crippen molar-refractivity contribution in [3.05, 3.63) is 23.9 Å². The number of halogens is 2. The monoisotopic (exact) mass is 170 g/mol. The highest BCUT2D eigenvalue weighted by molar-refractivity contribution is 5.80. The molecule has 0 saturated heterocycles. The van der Waals surface area contributed by atoms with E-state index in [1.807, 2.05) is 0 Å². The highest BCUT2D eigenvalue weighted by Gasteiger charge is 2.12. The zero-order chi connectivity index (χ0) is 8.72. The lowest BCUT2D eigenvalue weighted by atomic mass is 10.2. The van der Waals surface area contributed by atoms with Crippen molar-refractivity contribution >= 4 is 10.9 Å². The molecule has 1 aromatic carbocycles. The third kappa shape index (κ3) is 0.761. The van der Waals surface area contributed by atoms with Gasteiger partial charge in [0.25, 0.3) is 0 Å². The van der Waals surface area contributed by atoms with Crippen LogP contribution in [0.15, 0.2) is 12.3 Å². The first-order chi connectivity index (χ1) is 5.70. The summed E-state index contributed by atoms with van der Waals surface area (Å²) in [7, 11) is 0. The Morgan fingerprint density at radius 2 is 2.17 bits per heavy atom. The maximum Gasteiger partial charge on any atom is 0.190 e. The molecule has 0 aliphatic carbocycles. The zero-order valence-corrected chi connectivity index (χ0v) is 5.81. The lowest BCUT2D eigenvalue weighted by Gasteiger charge is -1.96. The van der Waals surface area contributed by atoms with Crippen LogP contribution in [0, 0.1) is 11.6 Å². The third-order valence-electron chi connectivity index (χ3n) is 1.60. The Morgan fingerprint density at radius 1 is 1.42 bits per heavy atom. The summed E-state index contributed by atoms with van der Waals surface area (Å²) in [6, 6.07) is 0.715. The van der Waals surface area contributed by atoms with E-state index in [1.54, 1.807) is 0 Å². The summed E-state index contributed by atoms with van der Waals surface area (Å²) in [6.45, 7) is 0. The smallest absolute Gasteiger partial charge is 0.190 e. The van der Waals surface area contributed by atoms with Gasteiger partial charge in [0.05, 0.1) is 11.6 Å². The first-order valence-electron chi connectivity index (χ1n) is 3.20. The molecular weight excluding hydrogens is 166 g/mol. The van der Waals surface area contributed by atoms with Crippen molar-refractivity contribution in [3.8, 4) is 5.75 Å². The van der Waals surface area contributed by atoms with Crippen LogP contribution >= 0.6 is 0 Å². The van der Waals surface area contributed by atoms with Gasteiger partial charge in [-0.05, 0) is 0 Å². The predicted octanol–water partition coefficient (Wildman–Crippen LogP) is 1.55. The number of hydrogen-bond acceptors (Lipinski definition) is 2. The fraction of sp³-hybridized carbons (Fsp3) is 0. The average Bonchev–Trinajstić information content (AvgIpc) is 2.48. The summed E-state index contributed by atoms with van der Waals surface area (Å²) < 4.78 is 25.8. The van der Waals surface area contributed by atoms with Crippen LogP contribution in [-0.4, -0.2) is 15.3 Å². The summed E-state index contributed by atoms with van der Waals surface area (Å²) in [5, 5.41) is 14.6. The number of aromatic hydroxyl groups is 1. The van der Waals surface area contributed by atoms with Gasteiger partial charge in [0, 0.05) is 6.07 Å². The molecule has 0 atom stereocenters. The molecule has 0 aliphatic rings. The zero-order valence-electron chi connectivity index (χ0n) is 5.81. The molecule has 5 heteroatoms. The minimum Gasteiger partial charge on any atom is -0.505 e. The highest BCUT2D eigenvalue weighted by Crippen LogP contribution is 2.25. The standard InChI is InChI=1S/C7H4F2N2O/c8-4-1-5(12)6(9)7-3(4)2-10-11-7/h1-2,12H,(H,10,11). The Labute approximate surface area is 65.6 Å². The Kier molecular flexibility index (Phi) is 1.27. The summed E-state index contributed by atoms with van der Waals surface area (Å²) in [6.07, 6.45) is 1.16. The topological polar surface area (TPSA) is 48.9 Å². The van der Waals surface area contributed by atoms with Crippen molar-refractivity contribution in [2.45, 2.75) is 0 Å². The van der Waals surface area contributed by atoms with Crippen molar-refractivity contribution in [1.82, 2.24) is 10.2 Å². The summed E-state index contributed by atoms with van der Waals surface area (Å²) in [5.41, 5.74) is -0.118. The molecule has 0 radical (unpaired) electrons. The summed E-state index contributed by atoms with van der Waals surface area (Å²) in [4.78, 5) is 0. The van der Waals surface area contributed by atoms with Crippen LogP contribution < -0.4 is 0 Å². The molecule has 0 saturated carbocycles. The van der Waals surface area contributed by atoms with Crippen molar-refractivity contribution in [3.63, 3.8) is 0 Å². The van der Waals surface area contributed by atoms with E-state index in [2.05, 4.69) is 10.2 Å². The number of benzene rings is 1. The Morgan fingerprint density at radius 3 is 2.92 bits per heavy atom. The van der Waals surface area contributed by atoms with Crippen LogP contribution in [0.3, 0.4) is 0 Å². The van der Waals surface area contributed by atoms with Gasteiger partial charge in [0.15, 0.2) is 11.6 Å². The van der Waals surface area contributed by atoms with Gasteiger partial charge >= 0.3 is 0 Å². The lowest BCUT2D eigenvalue weighted by Crippen LogP contribution is -1.83. The number of aromatic nitrogens is 2. The number of H-pyrrole nitrogens is 1.